The largest absolute Gasteiger partial charge is 0.506 e. The van der Waals surface area contributed by atoms with E-state index in [2.05, 4.69) is 57.9 Å². The van der Waals surface area contributed by atoms with Crippen molar-refractivity contribution in [3.8, 4) is 86.3 Å². The number of rotatable bonds is 15. The molecule has 12 aromatic rings. The Labute approximate surface area is 829 Å². The summed E-state index contributed by atoms with van der Waals surface area (Å²) in [7, 11) is 0. The number of carbonyl (C=O) groups is 3. The lowest BCUT2D eigenvalue weighted by molar-refractivity contribution is -0.127. The highest BCUT2D eigenvalue weighted by Crippen LogP contribution is 2.53. The molecule has 12 heterocycles. The number of phenolic OH excluding ortho intramolecular Hbond substituents is 3. The van der Waals surface area contributed by atoms with Gasteiger partial charge in [-0.3, -0.25) is 57.4 Å². The summed E-state index contributed by atoms with van der Waals surface area (Å²) in [5, 5.41) is 60.4. The molecule has 696 valence electrons. The first-order valence-corrected chi connectivity index (χ1v) is 45.6. The molecular weight excluding hydrogens is 2000 g/mol. The molecule has 27 nitrogen and oxygen atoms in total. The standard InChI is InChI=1S/3C31H25Cl4FN6O3/c1-5-19(43)40-8-10-41(11-9-40)28-16-12-18(32)26(20-24(36)22(34)21(33)23(35)29(20)44)39-30(16)42(31(45)17(28)13-37)27-15(4)6-7-38-25(27)14(2)3;2*1-5-19(43)40-8-10-41(11-9-40)28-16-12-18(32)26(20-21(33)22(34)23(35)24(36)29(20)44)39-30(16)42(31(45)17(28)13-37)27-15(4)6-7-38-25(27)14(2)3/h3*5-7,12,14,44H,1,8-11H2,2-4H3. The molecule has 0 radical (unpaired) electrons. The second-order valence-electron chi connectivity index (χ2n) is 32.0. The normalized spacial score (nSPS) is 13.4. The van der Waals surface area contributed by atoms with Crippen molar-refractivity contribution in [2.45, 2.75) is 80.1 Å². The average molecular weight is 2070 g/mol. The lowest BCUT2D eigenvalue weighted by Gasteiger charge is -2.36. The third-order valence-corrected chi connectivity index (χ3v) is 27.8. The van der Waals surface area contributed by atoms with E-state index in [0.29, 0.717) is 132 Å². The van der Waals surface area contributed by atoms with E-state index in [1.807, 2.05) is 56.2 Å². The Morgan fingerprint density at radius 3 is 0.881 bits per heavy atom. The Kier molecular flexibility index (Phi) is 30.4. The zero-order valence-electron chi connectivity index (χ0n) is 72.8. The molecule has 42 heteroatoms. The molecule has 9 aromatic heterocycles. The Morgan fingerprint density at radius 1 is 0.378 bits per heavy atom. The number of fused-ring (bicyclic) bond motifs is 3. The molecule has 3 saturated heterocycles. The quantitative estimate of drug-likeness (QED) is 0.0487. The summed E-state index contributed by atoms with van der Waals surface area (Å²) in [5.74, 6) is -7.33. The number of aryl methyl sites for hydroxylation is 3. The van der Waals surface area contributed by atoms with Crippen LogP contribution in [0.15, 0.2) is 107 Å². The van der Waals surface area contributed by atoms with Gasteiger partial charge in [-0.1, -0.05) is 200 Å². The number of carbonyl (C=O) groups excluding carboxylic acids is 3. The minimum atomic E-state index is -1.23. The number of hydrogen-bond donors (Lipinski definition) is 3. The summed E-state index contributed by atoms with van der Waals surface area (Å²) < 4.78 is 49.4. The van der Waals surface area contributed by atoms with Gasteiger partial charge in [0.1, 0.15) is 72.7 Å². The number of halogens is 15. The van der Waals surface area contributed by atoms with Crippen LogP contribution in [0, 0.1) is 72.2 Å². The van der Waals surface area contributed by atoms with Crippen LogP contribution in [0.5, 0.6) is 17.2 Å². The fourth-order valence-corrected chi connectivity index (χ4v) is 19.1. The van der Waals surface area contributed by atoms with Crippen molar-refractivity contribution in [1.29, 1.82) is 15.8 Å². The van der Waals surface area contributed by atoms with Crippen molar-refractivity contribution in [3.63, 3.8) is 0 Å². The van der Waals surface area contributed by atoms with Gasteiger partial charge in [-0.05, 0) is 110 Å². The topological polar surface area (TPSA) is 346 Å². The van der Waals surface area contributed by atoms with Gasteiger partial charge in [0.15, 0.2) is 29.0 Å². The highest BCUT2D eigenvalue weighted by Gasteiger charge is 2.38. The van der Waals surface area contributed by atoms with Gasteiger partial charge in [-0.15, -0.1) is 0 Å². The molecule has 0 bridgehead atoms. The fraction of sp³-hybridized carbons (Fsp3) is 0.258. The maximum atomic E-state index is 15.6. The van der Waals surface area contributed by atoms with Gasteiger partial charge >= 0.3 is 0 Å². The Hall–Kier alpha value is -11.6. The number of amides is 3. The summed E-state index contributed by atoms with van der Waals surface area (Å²) in [6.07, 6.45) is 8.55. The second-order valence-corrected chi connectivity index (χ2v) is 36.7. The molecule has 135 heavy (non-hydrogen) atoms. The van der Waals surface area contributed by atoms with Crippen LogP contribution in [0.3, 0.4) is 0 Å². The molecule has 0 unspecified atom stereocenters. The lowest BCUT2D eigenvalue weighted by Crippen LogP contribution is -2.49. The molecule has 0 spiro atoms. The number of nitrogens with zero attached hydrogens (tertiary/aromatic N) is 18. The Morgan fingerprint density at radius 2 is 0.630 bits per heavy atom. The number of aromatic hydroxyl groups is 3. The number of aromatic nitrogens is 9. The molecule has 15 rings (SSSR count). The minimum Gasteiger partial charge on any atom is -0.506 e. The van der Waals surface area contributed by atoms with Crippen molar-refractivity contribution >= 4 is 207 Å². The number of nitriles is 3. The molecule has 0 atom stereocenters. The predicted octanol–water partition coefficient (Wildman–Crippen LogP) is 21.1. The van der Waals surface area contributed by atoms with E-state index in [9.17, 15) is 68.7 Å². The van der Waals surface area contributed by atoms with E-state index in [0.717, 1.165) is 0 Å². The third-order valence-electron chi connectivity index (χ3n) is 23.0. The summed E-state index contributed by atoms with van der Waals surface area (Å²) in [6, 6.07) is 15.8. The van der Waals surface area contributed by atoms with Gasteiger partial charge in [-0.25, -0.2) is 28.1 Å². The molecule has 3 aliphatic rings. The summed E-state index contributed by atoms with van der Waals surface area (Å²) in [4.78, 5) is 118. The first kappa shape index (κ1) is 101. The van der Waals surface area contributed by atoms with Crippen molar-refractivity contribution < 1.29 is 42.9 Å². The van der Waals surface area contributed by atoms with Crippen LogP contribution in [0.2, 0.25) is 60.3 Å². The van der Waals surface area contributed by atoms with Gasteiger partial charge in [0.05, 0.1) is 130 Å². The third kappa shape index (κ3) is 18.2. The summed E-state index contributed by atoms with van der Waals surface area (Å²) >= 11 is 75.7. The van der Waals surface area contributed by atoms with Crippen molar-refractivity contribution in [2.75, 3.05) is 93.2 Å². The highest BCUT2D eigenvalue weighted by molar-refractivity contribution is 6.51. The van der Waals surface area contributed by atoms with Gasteiger partial charge in [0.25, 0.3) is 16.7 Å². The predicted molar refractivity (Wildman–Crippen MR) is 524 cm³/mol. The smallest absolute Gasteiger partial charge is 0.276 e. The summed E-state index contributed by atoms with van der Waals surface area (Å²) in [5.41, 5.74) is 1.39. The number of pyridine rings is 9. The molecule has 3 amide bonds. The average Bonchev–Trinajstić information content (AvgIpc) is 0.728. The van der Waals surface area contributed by atoms with Crippen molar-refractivity contribution in [3.05, 3.63) is 252 Å². The molecule has 3 aliphatic heterocycles. The molecule has 3 fully saturated rings. The number of hydrogen-bond acceptors (Lipinski definition) is 21. The molecule has 0 saturated carbocycles. The molecule has 3 N–H and O–H groups in total. The van der Waals surface area contributed by atoms with Crippen LogP contribution in [0.1, 0.15) is 110 Å². The highest BCUT2D eigenvalue weighted by atomic mass is 35.5. The first-order valence-electron chi connectivity index (χ1n) is 41.1. The van der Waals surface area contributed by atoms with Gasteiger partial charge in [-0.2, -0.15) is 15.8 Å². The van der Waals surface area contributed by atoms with Gasteiger partial charge < -0.3 is 44.7 Å². The SMILES string of the molecule is C=CC(=O)N1CCN(c2c(C#N)c(=O)n(-c3c(C)ccnc3C(C)C)c3nc(-c4c(O)c(Cl)c(Cl)c(Cl)c4F)c(Cl)cc23)CC1.C=CC(=O)N1CCN(c2c(C#N)c(=O)n(-c3c(C)ccnc3C(C)C)c3nc(-c4c(O)c(F)c(Cl)c(Cl)c4Cl)c(Cl)cc23)CC1.C=CC(=O)N1CCN(c2c(C#N)c(=O)n(-c3c(C)ccnc3C(C)C)c3nc(-c4c(O)c(F)c(Cl)c(Cl)c4Cl)c(Cl)cc23)CC1. The van der Waals surface area contributed by atoms with Crippen molar-refractivity contribution in [1.82, 2.24) is 58.3 Å². The van der Waals surface area contributed by atoms with Crippen LogP contribution >= 0.6 is 139 Å². The van der Waals surface area contributed by atoms with Crippen LogP contribution < -0.4 is 31.4 Å². The van der Waals surface area contributed by atoms with Crippen LogP contribution in [0.25, 0.3) is 83.9 Å². The van der Waals surface area contributed by atoms with Crippen LogP contribution in [0.4, 0.5) is 30.2 Å². The lowest BCUT2D eigenvalue weighted by atomic mass is 10.0. The monoisotopic (exact) mass is 2060 g/mol. The Balaban J connectivity index is 0.000000171. The number of phenols is 3. The fourth-order valence-electron chi connectivity index (χ4n) is 16.4. The zero-order valence-corrected chi connectivity index (χ0v) is 81.8. The number of benzene rings is 3. The van der Waals surface area contributed by atoms with Crippen LogP contribution in [-0.2, 0) is 14.4 Å². The zero-order chi connectivity index (χ0) is 98.7. The maximum Gasteiger partial charge on any atom is 0.276 e. The van der Waals surface area contributed by atoms with E-state index < -0.39 is 82.1 Å². The van der Waals surface area contributed by atoms with Crippen LogP contribution in [-0.4, -0.2) is 170 Å². The number of anilines is 3. The Bertz CT molecular complexity index is 6650. The molecule has 0 aliphatic carbocycles. The second kappa shape index (κ2) is 40.7. The van der Waals surface area contributed by atoms with Crippen molar-refractivity contribution in [2.24, 2.45) is 0 Å². The first-order chi connectivity index (χ1) is 64.0. The van der Waals surface area contributed by atoms with E-state index in [4.69, 9.17) is 149 Å². The van der Waals surface area contributed by atoms with E-state index >= 15 is 4.39 Å². The van der Waals surface area contributed by atoms with Gasteiger partial charge in [0.2, 0.25) is 17.7 Å². The van der Waals surface area contributed by atoms with E-state index in [-0.39, 0.29) is 163 Å². The van der Waals surface area contributed by atoms with Gasteiger partial charge in [0, 0.05) is 113 Å². The van der Waals surface area contributed by atoms with E-state index in [1.54, 1.807) is 72.3 Å². The summed E-state index contributed by atoms with van der Waals surface area (Å²) in [6.45, 7) is 31.1. The molecular formula is C93H75Cl12F3N18O9. The molecule has 3 aromatic carbocycles. The van der Waals surface area contributed by atoms with E-state index in [1.165, 1.54) is 50.1 Å². The number of piperazine rings is 3. The minimum absolute atomic E-state index is 0.0111. The maximum absolute atomic E-state index is 15.6.